The molecule has 1 N–H and O–H groups in total. The highest BCUT2D eigenvalue weighted by Gasteiger charge is 2.19. The summed E-state index contributed by atoms with van der Waals surface area (Å²) in [6.45, 7) is 2.00. The Labute approximate surface area is 161 Å². The third-order valence-electron chi connectivity index (χ3n) is 4.31. The molecule has 5 nitrogen and oxygen atoms in total. The van der Waals surface area contributed by atoms with Crippen molar-refractivity contribution in [3.8, 4) is 16.9 Å². The number of nitrogens with one attached hydrogen (secondary N) is 1. The van der Waals surface area contributed by atoms with Crippen LogP contribution in [0.4, 0.5) is 10.1 Å². The van der Waals surface area contributed by atoms with Gasteiger partial charge in [-0.15, -0.1) is 0 Å². The van der Waals surface area contributed by atoms with E-state index in [4.69, 9.17) is 0 Å². The Morgan fingerprint density at radius 3 is 2.32 bits per heavy atom. The predicted molar refractivity (Wildman–Crippen MR) is 106 cm³/mol. The van der Waals surface area contributed by atoms with E-state index in [1.54, 1.807) is 47.5 Å². The van der Waals surface area contributed by atoms with Gasteiger partial charge >= 0.3 is 0 Å². The average molecular weight is 372 g/mol. The van der Waals surface area contributed by atoms with Crippen molar-refractivity contribution in [3.63, 3.8) is 0 Å². The lowest BCUT2D eigenvalue weighted by molar-refractivity contribution is 0.102. The van der Waals surface area contributed by atoms with Gasteiger partial charge in [0.05, 0.1) is 11.3 Å². The standard InChI is InChI=1S/C22H17FN4O/c1-15-2-4-16(5-3-15)21-20(22(28)25-18-10-12-24-13-11-18)14-27(26-21)19-8-6-17(23)7-9-19/h2-14H,1H3,(H,24,25,28). The van der Waals surface area contributed by atoms with E-state index < -0.39 is 0 Å². The number of aromatic nitrogens is 3. The van der Waals surface area contributed by atoms with E-state index in [1.165, 1.54) is 12.1 Å². The van der Waals surface area contributed by atoms with Crippen LogP contribution in [0.3, 0.4) is 0 Å². The van der Waals surface area contributed by atoms with Crippen molar-refractivity contribution >= 4 is 11.6 Å². The molecule has 28 heavy (non-hydrogen) atoms. The lowest BCUT2D eigenvalue weighted by atomic mass is 10.1. The number of nitrogens with zero attached hydrogens (tertiary/aromatic N) is 3. The van der Waals surface area contributed by atoms with Gasteiger partial charge in [-0.05, 0) is 43.3 Å². The van der Waals surface area contributed by atoms with Gasteiger partial charge in [-0.1, -0.05) is 29.8 Å². The maximum absolute atomic E-state index is 13.3. The smallest absolute Gasteiger partial charge is 0.259 e. The van der Waals surface area contributed by atoms with Gasteiger partial charge in [-0.25, -0.2) is 9.07 Å². The van der Waals surface area contributed by atoms with E-state index >= 15 is 0 Å². The van der Waals surface area contributed by atoms with Crippen molar-refractivity contribution in [1.82, 2.24) is 14.8 Å². The number of carbonyl (C=O) groups is 1. The number of aryl methyl sites for hydroxylation is 1. The summed E-state index contributed by atoms with van der Waals surface area (Å²) in [5, 5.41) is 7.46. The summed E-state index contributed by atoms with van der Waals surface area (Å²) in [5.74, 6) is -0.611. The zero-order chi connectivity index (χ0) is 19.5. The molecule has 0 atom stereocenters. The molecule has 4 rings (SSSR count). The van der Waals surface area contributed by atoms with Gasteiger partial charge in [0, 0.05) is 29.8 Å². The fourth-order valence-corrected chi connectivity index (χ4v) is 2.82. The molecule has 138 valence electrons. The maximum atomic E-state index is 13.3. The normalized spacial score (nSPS) is 10.6. The van der Waals surface area contributed by atoms with Crippen LogP contribution in [-0.4, -0.2) is 20.7 Å². The van der Waals surface area contributed by atoms with Gasteiger partial charge in [0.2, 0.25) is 0 Å². The summed E-state index contributed by atoms with van der Waals surface area (Å²) in [4.78, 5) is 16.9. The van der Waals surface area contributed by atoms with E-state index in [0.717, 1.165) is 11.1 Å². The highest BCUT2D eigenvalue weighted by molar-refractivity contribution is 6.08. The van der Waals surface area contributed by atoms with Gasteiger partial charge in [0.15, 0.2) is 0 Å². The van der Waals surface area contributed by atoms with Crippen molar-refractivity contribution in [3.05, 3.63) is 96.2 Å². The number of pyridine rings is 1. The second-order valence-electron chi connectivity index (χ2n) is 6.37. The second-order valence-corrected chi connectivity index (χ2v) is 6.37. The maximum Gasteiger partial charge on any atom is 0.259 e. The minimum Gasteiger partial charge on any atom is -0.322 e. The number of rotatable bonds is 4. The first-order chi connectivity index (χ1) is 13.6. The van der Waals surface area contributed by atoms with Crippen LogP contribution in [0.25, 0.3) is 16.9 Å². The minimum atomic E-state index is -0.328. The summed E-state index contributed by atoms with van der Waals surface area (Å²) in [6.07, 6.45) is 4.87. The van der Waals surface area contributed by atoms with Gasteiger partial charge in [0.1, 0.15) is 11.5 Å². The molecule has 0 radical (unpaired) electrons. The first-order valence-electron chi connectivity index (χ1n) is 8.74. The van der Waals surface area contributed by atoms with Gasteiger partial charge in [0.25, 0.3) is 5.91 Å². The number of halogens is 1. The van der Waals surface area contributed by atoms with E-state index in [0.29, 0.717) is 22.6 Å². The minimum absolute atomic E-state index is 0.282. The van der Waals surface area contributed by atoms with Crippen molar-refractivity contribution < 1.29 is 9.18 Å². The number of hydrogen-bond acceptors (Lipinski definition) is 3. The Morgan fingerprint density at radius 1 is 0.964 bits per heavy atom. The topological polar surface area (TPSA) is 59.8 Å². The van der Waals surface area contributed by atoms with Crippen molar-refractivity contribution in [2.24, 2.45) is 0 Å². The molecule has 6 heteroatoms. The zero-order valence-corrected chi connectivity index (χ0v) is 15.1. The molecule has 2 aromatic heterocycles. The Balaban J connectivity index is 1.77. The van der Waals surface area contributed by atoms with Gasteiger partial charge in [-0.2, -0.15) is 5.10 Å². The van der Waals surface area contributed by atoms with Crippen molar-refractivity contribution in [2.45, 2.75) is 6.92 Å². The fourth-order valence-electron chi connectivity index (χ4n) is 2.82. The molecule has 1 amide bonds. The molecule has 0 aliphatic rings. The number of carbonyl (C=O) groups excluding carboxylic acids is 1. The molecule has 2 heterocycles. The molecule has 0 aliphatic heterocycles. The van der Waals surface area contributed by atoms with E-state index in [9.17, 15) is 9.18 Å². The Kier molecular flexibility index (Phi) is 4.68. The summed E-state index contributed by atoms with van der Waals surface area (Å²) in [5.41, 5.74) is 4.22. The summed E-state index contributed by atoms with van der Waals surface area (Å²) in [7, 11) is 0. The van der Waals surface area contributed by atoms with Crippen LogP contribution in [0.15, 0.2) is 79.3 Å². The lowest BCUT2D eigenvalue weighted by Crippen LogP contribution is -2.12. The molecule has 0 saturated heterocycles. The van der Waals surface area contributed by atoms with Crippen LogP contribution >= 0.6 is 0 Å². The lowest BCUT2D eigenvalue weighted by Gasteiger charge is -2.05. The SMILES string of the molecule is Cc1ccc(-c2nn(-c3ccc(F)cc3)cc2C(=O)Nc2ccncc2)cc1. The van der Waals surface area contributed by atoms with Crippen LogP contribution in [0.5, 0.6) is 0 Å². The number of hydrogen-bond donors (Lipinski definition) is 1. The highest BCUT2D eigenvalue weighted by Crippen LogP contribution is 2.25. The molecule has 0 fully saturated rings. The molecular weight excluding hydrogens is 355 g/mol. The third-order valence-corrected chi connectivity index (χ3v) is 4.31. The van der Waals surface area contributed by atoms with E-state index in [2.05, 4.69) is 15.4 Å². The van der Waals surface area contributed by atoms with Crippen LogP contribution in [0.1, 0.15) is 15.9 Å². The molecule has 0 bridgehead atoms. The first kappa shape index (κ1) is 17.6. The summed E-state index contributed by atoms with van der Waals surface area (Å²) < 4.78 is 14.8. The van der Waals surface area contributed by atoms with Crippen LogP contribution in [-0.2, 0) is 0 Å². The Morgan fingerprint density at radius 2 is 1.64 bits per heavy atom. The van der Waals surface area contributed by atoms with Gasteiger partial charge in [-0.3, -0.25) is 9.78 Å². The van der Waals surface area contributed by atoms with Crippen LogP contribution in [0, 0.1) is 12.7 Å². The highest BCUT2D eigenvalue weighted by atomic mass is 19.1. The molecular formula is C22H17FN4O. The Hall–Kier alpha value is -3.80. The number of benzene rings is 2. The molecule has 0 aliphatic carbocycles. The Bertz CT molecular complexity index is 1100. The van der Waals surface area contributed by atoms with Crippen LogP contribution in [0.2, 0.25) is 0 Å². The second kappa shape index (κ2) is 7.44. The molecule has 2 aromatic carbocycles. The summed E-state index contributed by atoms with van der Waals surface area (Å²) in [6, 6.07) is 17.2. The molecule has 4 aromatic rings. The number of anilines is 1. The fraction of sp³-hybridized carbons (Fsp3) is 0.0455. The van der Waals surface area contributed by atoms with Crippen molar-refractivity contribution in [1.29, 1.82) is 0 Å². The van der Waals surface area contributed by atoms with Crippen LogP contribution < -0.4 is 5.32 Å². The van der Waals surface area contributed by atoms with E-state index in [1.807, 2.05) is 31.2 Å². The molecule has 0 unspecified atom stereocenters. The third kappa shape index (κ3) is 3.66. The zero-order valence-electron chi connectivity index (χ0n) is 15.1. The first-order valence-corrected chi connectivity index (χ1v) is 8.74. The van der Waals surface area contributed by atoms with Crippen molar-refractivity contribution in [2.75, 3.05) is 5.32 Å². The molecule has 0 saturated carbocycles. The quantitative estimate of drug-likeness (QED) is 0.568. The summed E-state index contributed by atoms with van der Waals surface area (Å²) >= 11 is 0. The van der Waals surface area contributed by atoms with Gasteiger partial charge < -0.3 is 5.32 Å². The number of amides is 1. The van der Waals surface area contributed by atoms with E-state index in [-0.39, 0.29) is 11.7 Å². The largest absolute Gasteiger partial charge is 0.322 e. The predicted octanol–water partition coefficient (Wildman–Crippen LogP) is 4.63. The molecule has 0 spiro atoms. The monoisotopic (exact) mass is 372 g/mol. The average Bonchev–Trinajstić information content (AvgIpc) is 3.15.